The zero-order valence-electron chi connectivity index (χ0n) is 13.2. The van der Waals surface area contributed by atoms with E-state index in [4.69, 9.17) is 20.8 Å². The summed E-state index contributed by atoms with van der Waals surface area (Å²) >= 11 is 5.56. The molecular formula is C17H15ClFN3O3. The first-order chi connectivity index (χ1) is 12.1. The van der Waals surface area contributed by atoms with E-state index in [0.29, 0.717) is 30.5 Å². The highest BCUT2D eigenvalue weighted by Gasteiger charge is 2.29. The number of nitrogens with zero attached hydrogens (tertiary/aromatic N) is 2. The number of ether oxygens (including phenoxy) is 1. The first-order valence-electron chi connectivity index (χ1n) is 7.78. The number of halogens is 2. The molecule has 6 nitrogen and oxygen atoms in total. The van der Waals surface area contributed by atoms with Crippen molar-refractivity contribution in [1.82, 2.24) is 15.5 Å². The minimum atomic E-state index is -0.606. The molecule has 0 unspecified atom stereocenters. The predicted octanol–water partition coefficient (Wildman–Crippen LogP) is 2.83. The molecule has 0 radical (unpaired) electrons. The Bertz CT molecular complexity index is 824. The molecule has 1 N–H and O–H groups in total. The fourth-order valence-corrected chi connectivity index (χ4v) is 2.08. The van der Waals surface area contributed by atoms with Crippen LogP contribution in [0, 0.1) is 17.8 Å². The Hall–Kier alpha value is -2.59. The van der Waals surface area contributed by atoms with Gasteiger partial charge in [0.25, 0.3) is 5.91 Å². The van der Waals surface area contributed by atoms with Crippen LogP contribution in [0.1, 0.15) is 37.0 Å². The van der Waals surface area contributed by atoms with Crippen LogP contribution in [-0.4, -0.2) is 22.7 Å². The van der Waals surface area contributed by atoms with Gasteiger partial charge >= 0.3 is 0 Å². The SMILES string of the molecule is O=C(COc1ccc(Cl)c(F)c1)NC#CCCc1nnc(C2CC2)o1. The van der Waals surface area contributed by atoms with Gasteiger partial charge in [-0.25, -0.2) is 4.39 Å². The van der Waals surface area contributed by atoms with Crippen molar-refractivity contribution >= 4 is 17.5 Å². The highest BCUT2D eigenvalue weighted by Crippen LogP contribution is 2.39. The quantitative estimate of drug-likeness (QED) is 0.630. The fraction of sp³-hybridized carbons (Fsp3) is 0.353. The lowest BCUT2D eigenvalue weighted by Gasteiger charge is -2.04. The maximum Gasteiger partial charge on any atom is 0.269 e. The molecular weight excluding hydrogens is 349 g/mol. The molecule has 2 aromatic rings. The summed E-state index contributed by atoms with van der Waals surface area (Å²) in [6.45, 7) is -0.274. The summed E-state index contributed by atoms with van der Waals surface area (Å²) < 4.78 is 23.9. The fourth-order valence-electron chi connectivity index (χ4n) is 1.96. The first kappa shape index (κ1) is 17.2. The molecule has 0 aliphatic heterocycles. The van der Waals surface area contributed by atoms with E-state index >= 15 is 0 Å². The topological polar surface area (TPSA) is 77.2 Å². The smallest absolute Gasteiger partial charge is 0.269 e. The van der Waals surface area contributed by atoms with E-state index in [0.717, 1.165) is 18.9 Å². The van der Waals surface area contributed by atoms with Gasteiger partial charge in [0.1, 0.15) is 11.6 Å². The third kappa shape index (κ3) is 5.19. The van der Waals surface area contributed by atoms with E-state index in [2.05, 4.69) is 27.5 Å². The second kappa shape index (κ2) is 7.99. The highest BCUT2D eigenvalue weighted by atomic mass is 35.5. The van der Waals surface area contributed by atoms with E-state index < -0.39 is 11.7 Å². The molecule has 0 spiro atoms. The molecule has 3 rings (SSSR count). The summed E-state index contributed by atoms with van der Waals surface area (Å²) in [4.78, 5) is 11.6. The van der Waals surface area contributed by atoms with Gasteiger partial charge in [-0.3, -0.25) is 10.1 Å². The number of benzene rings is 1. The van der Waals surface area contributed by atoms with Gasteiger partial charge in [0.05, 0.1) is 5.02 Å². The summed E-state index contributed by atoms with van der Waals surface area (Å²) in [7, 11) is 0. The molecule has 1 aliphatic carbocycles. The third-order valence-electron chi connectivity index (χ3n) is 3.42. The molecule has 0 saturated heterocycles. The Kier molecular flexibility index (Phi) is 5.51. The second-order valence-corrected chi connectivity index (χ2v) is 5.93. The van der Waals surface area contributed by atoms with Crippen molar-refractivity contribution in [3.63, 3.8) is 0 Å². The Morgan fingerprint density at radius 1 is 1.44 bits per heavy atom. The number of carbonyl (C=O) groups excluding carboxylic acids is 1. The van der Waals surface area contributed by atoms with Crippen LogP contribution in [0.25, 0.3) is 0 Å². The number of hydrogen-bond acceptors (Lipinski definition) is 5. The molecule has 0 bridgehead atoms. The van der Waals surface area contributed by atoms with Gasteiger partial charge in [0.2, 0.25) is 11.8 Å². The van der Waals surface area contributed by atoms with Crippen molar-refractivity contribution in [3.8, 4) is 17.7 Å². The first-order valence-corrected chi connectivity index (χ1v) is 8.16. The number of aromatic nitrogens is 2. The Labute approximate surface area is 148 Å². The highest BCUT2D eigenvalue weighted by molar-refractivity contribution is 6.30. The van der Waals surface area contributed by atoms with Crippen LogP contribution < -0.4 is 10.1 Å². The lowest BCUT2D eigenvalue weighted by molar-refractivity contribution is -0.121. The van der Waals surface area contributed by atoms with Crippen LogP contribution in [-0.2, 0) is 11.2 Å². The van der Waals surface area contributed by atoms with E-state index in [1.165, 1.54) is 12.1 Å². The monoisotopic (exact) mass is 363 g/mol. The summed E-state index contributed by atoms with van der Waals surface area (Å²) in [5.74, 6) is 3.65. The van der Waals surface area contributed by atoms with Crippen LogP contribution in [0.2, 0.25) is 5.02 Å². The van der Waals surface area contributed by atoms with Crippen LogP contribution in [0.3, 0.4) is 0 Å². The molecule has 1 fully saturated rings. The Balaban J connectivity index is 1.35. The van der Waals surface area contributed by atoms with Gasteiger partial charge in [-0.15, -0.1) is 10.2 Å². The van der Waals surface area contributed by atoms with Crippen LogP contribution in [0.15, 0.2) is 22.6 Å². The number of nitrogens with one attached hydrogen (secondary N) is 1. The number of amides is 1. The Morgan fingerprint density at radius 3 is 3.04 bits per heavy atom. The summed E-state index contributed by atoms with van der Waals surface area (Å²) in [6, 6.07) is 6.49. The van der Waals surface area contributed by atoms with Crippen molar-refractivity contribution in [3.05, 3.63) is 40.8 Å². The number of hydrogen-bond donors (Lipinski definition) is 1. The van der Waals surface area contributed by atoms with Gasteiger partial charge in [-0.05, 0) is 25.0 Å². The van der Waals surface area contributed by atoms with Crippen LogP contribution in [0.4, 0.5) is 4.39 Å². The minimum Gasteiger partial charge on any atom is -0.484 e. The van der Waals surface area contributed by atoms with Gasteiger partial charge in [0, 0.05) is 30.9 Å². The third-order valence-corrected chi connectivity index (χ3v) is 3.73. The van der Waals surface area contributed by atoms with E-state index in [9.17, 15) is 9.18 Å². The van der Waals surface area contributed by atoms with Crippen molar-refractivity contribution in [1.29, 1.82) is 0 Å². The molecule has 0 atom stereocenters. The largest absolute Gasteiger partial charge is 0.484 e. The van der Waals surface area contributed by atoms with E-state index in [1.54, 1.807) is 0 Å². The molecule has 1 saturated carbocycles. The lowest BCUT2D eigenvalue weighted by Crippen LogP contribution is -2.24. The molecule has 1 heterocycles. The zero-order chi connectivity index (χ0) is 17.6. The van der Waals surface area contributed by atoms with Crippen molar-refractivity contribution < 1.29 is 18.3 Å². The predicted molar refractivity (Wildman–Crippen MR) is 87.4 cm³/mol. The molecule has 1 amide bonds. The number of carbonyl (C=O) groups is 1. The molecule has 1 aliphatic rings. The minimum absolute atomic E-state index is 0.00633. The Morgan fingerprint density at radius 2 is 2.28 bits per heavy atom. The van der Waals surface area contributed by atoms with Crippen LogP contribution in [0.5, 0.6) is 5.75 Å². The maximum absolute atomic E-state index is 13.2. The summed E-state index contributed by atoms with van der Waals surface area (Å²) in [5.41, 5.74) is 0. The lowest BCUT2D eigenvalue weighted by atomic mass is 10.3. The standard InChI is InChI=1S/C17H15ClFN3O3/c18-13-7-6-12(9-14(13)19)24-10-15(23)20-8-2-1-3-16-21-22-17(25-16)11-4-5-11/h6-7,9,11H,1,3-5,10H2,(H,20,23). The maximum atomic E-state index is 13.2. The molecule has 1 aromatic carbocycles. The molecule has 8 heteroatoms. The van der Waals surface area contributed by atoms with Gasteiger partial charge < -0.3 is 9.15 Å². The van der Waals surface area contributed by atoms with Gasteiger partial charge in [0.15, 0.2) is 6.61 Å². The second-order valence-electron chi connectivity index (χ2n) is 5.52. The van der Waals surface area contributed by atoms with Gasteiger partial charge in [-0.2, -0.15) is 0 Å². The average molecular weight is 364 g/mol. The van der Waals surface area contributed by atoms with Crippen molar-refractivity contribution in [2.45, 2.75) is 31.6 Å². The van der Waals surface area contributed by atoms with E-state index in [-0.39, 0.29) is 17.4 Å². The van der Waals surface area contributed by atoms with Crippen molar-refractivity contribution in [2.75, 3.05) is 6.61 Å². The molecule has 1 aromatic heterocycles. The van der Waals surface area contributed by atoms with E-state index in [1.807, 2.05) is 0 Å². The summed E-state index contributed by atoms with van der Waals surface area (Å²) in [5, 5.41) is 10.3. The summed E-state index contributed by atoms with van der Waals surface area (Å²) in [6.07, 6.45) is 3.23. The van der Waals surface area contributed by atoms with Crippen LogP contribution >= 0.6 is 11.6 Å². The normalized spacial score (nSPS) is 13.0. The molecule has 130 valence electrons. The number of rotatable bonds is 6. The average Bonchev–Trinajstić information content (AvgIpc) is 3.35. The number of aryl methyl sites for hydroxylation is 1. The zero-order valence-corrected chi connectivity index (χ0v) is 14.0. The van der Waals surface area contributed by atoms with Gasteiger partial charge in [-0.1, -0.05) is 17.5 Å². The molecule has 25 heavy (non-hydrogen) atoms. The van der Waals surface area contributed by atoms with Crippen molar-refractivity contribution in [2.24, 2.45) is 0 Å².